The zero-order valence-corrected chi connectivity index (χ0v) is 14.8. The first-order chi connectivity index (χ1) is 11.4. The monoisotopic (exact) mass is 449 g/mol. The molecule has 1 fully saturated rings. The van der Waals surface area contributed by atoms with Crippen molar-refractivity contribution >= 4 is 39.6 Å². The fraction of sp³-hybridized carbons (Fsp3) is 0.412. The second-order valence-corrected chi connectivity index (χ2v) is 7.04. The van der Waals surface area contributed by atoms with Crippen molar-refractivity contribution in [1.29, 1.82) is 0 Å². The molecule has 3 nitrogen and oxygen atoms in total. The molecule has 0 aliphatic heterocycles. The van der Waals surface area contributed by atoms with Crippen LogP contribution in [0.2, 0.25) is 0 Å². The van der Waals surface area contributed by atoms with E-state index in [4.69, 9.17) is 4.74 Å². The molecule has 0 amide bonds. The highest BCUT2D eigenvalue weighted by Gasteiger charge is 2.41. The van der Waals surface area contributed by atoms with Gasteiger partial charge in [0.2, 0.25) is 0 Å². The average molecular weight is 449 g/mol. The van der Waals surface area contributed by atoms with Crippen molar-refractivity contribution in [3.63, 3.8) is 0 Å². The van der Waals surface area contributed by atoms with Gasteiger partial charge in [0.25, 0.3) is 0 Å². The summed E-state index contributed by atoms with van der Waals surface area (Å²) in [6.45, 7) is 0. The van der Waals surface area contributed by atoms with Gasteiger partial charge >= 0.3 is 6.18 Å². The number of aromatic nitrogens is 1. The molecule has 0 atom stereocenters. The molecule has 128 valence electrons. The number of carbonyl (C=O) groups excluding carboxylic acids is 1. The lowest BCUT2D eigenvalue weighted by atomic mass is 9.87. The van der Waals surface area contributed by atoms with E-state index in [1.54, 1.807) is 18.3 Å². The predicted molar refractivity (Wildman–Crippen MR) is 92.3 cm³/mol. The number of halogens is 4. The van der Waals surface area contributed by atoms with Crippen molar-refractivity contribution in [2.45, 2.75) is 38.0 Å². The summed E-state index contributed by atoms with van der Waals surface area (Å²) in [6, 6.07) is 5.33. The third-order valence-corrected chi connectivity index (χ3v) is 5.49. The molecule has 1 saturated carbocycles. The highest BCUT2D eigenvalue weighted by Crippen LogP contribution is 2.39. The molecular formula is C17H15F3INO2. The standard InChI is InChI=1S/C17H15F3INO2/c18-17(19,20)11-2-4-13(5-3-11)24-15-6-1-10-7-12(9-23)22-8-14(10)16(15)21/h1,6-9,11,13H,2-5H2. The van der Waals surface area contributed by atoms with E-state index in [2.05, 4.69) is 27.6 Å². The van der Waals surface area contributed by atoms with Gasteiger partial charge < -0.3 is 4.74 Å². The van der Waals surface area contributed by atoms with E-state index in [1.165, 1.54) is 0 Å². The van der Waals surface area contributed by atoms with E-state index < -0.39 is 12.1 Å². The van der Waals surface area contributed by atoms with Crippen LogP contribution in [0, 0.1) is 9.49 Å². The molecule has 0 N–H and O–H groups in total. The molecule has 24 heavy (non-hydrogen) atoms. The van der Waals surface area contributed by atoms with Crippen molar-refractivity contribution in [2.24, 2.45) is 5.92 Å². The Kier molecular flexibility index (Phi) is 4.98. The molecule has 1 aliphatic carbocycles. The van der Waals surface area contributed by atoms with Crippen LogP contribution in [-0.2, 0) is 0 Å². The molecule has 1 aliphatic rings. The predicted octanol–water partition coefficient (Wildman–Crippen LogP) is 5.15. The average Bonchev–Trinajstić information content (AvgIpc) is 2.57. The number of aldehydes is 1. The van der Waals surface area contributed by atoms with Crippen LogP contribution >= 0.6 is 22.6 Å². The summed E-state index contributed by atoms with van der Waals surface area (Å²) < 4.78 is 45.0. The summed E-state index contributed by atoms with van der Waals surface area (Å²) in [4.78, 5) is 14.9. The molecule has 0 saturated heterocycles. The third-order valence-electron chi connectivity index (χ3n) is 4.38. The van der Waals surface area contributed by atoms with Gasteiger partial charge in [-0.1, -0.05) is 6.07 Å². The Morgan fingerprint density at radius 2 is 1.92 bits per heavy atom. The Balaban J connectivity index is 1.74. The van der Waals surface area contributed by atoms with Crippen LogP contribution in [0.3, 0.4) is 0 Å². The summed E-state index contributed by atoms with van der Waals surface area (Å²) >= 11 is 2.14. The minimum absolute atomic E-state index is 0.114. The SMILES string of the molecule is O=Cc1cc2ccc(OC3CCC(C(F)(F)F)CC3)c(I)c2cn1. The maximum atomic E-state index is 12.7. The molecular weight excluding hydrogens is 434 g/mol. The van der Waals surface area contributed by atoms with Crippen LogP contribution in [0.5, 0.6) is 5.75 Å². The zero-order chi connectivity index (χ0) is 17.3. The summed E-state index contributed by atoms with van der Waals surface area (Å²) in [5.74, 6) is -0.557. The van der Waals surface area contributed by atoms with Gasteiger partial charge in [0.1, 0.15) is 11.4 Å². The Bertz CT molecular complexity index is 755. The molecule has 2 aromatic rings. The summed E-state index contributed by atoms with van der Waals surface area (Å²) in [7, 11) is 0. The van der Waals surface area contributed by atoms with Crippen molar-refractivity contribution in [1.82, 2.24) is 4.98 Å². The number of rotatable bonds is 3. The maximum Gasteiger partial charge on any atom is 0.391 e. The van der Waals surface area contributed by atoms with Crippen LogP contribution < -0.4 is 4.74 Å². The first-order valence-electron chi connectivity index (χ1n) is 7.65. The lowest BCUT2D eigenvalue weighted by molar-refractivity contribution is -0.185. The molecule has 1 aromatic heterocycles. The van der Waals surface area contributed by atoms with E-state index in [0.29, 0.717) is 30.6 Å². The number of hydrogen-bond donors (Lipinski definition) is 0. The highest BCUT2D eigenvalue weighted by atomic mass is 127. The van der Waals surface area contributed by atoms with Gasteiger partial charge in [0, 0.05) is 11.6 Å². The number of alkyl halides is 3. The molecule has 0 bridgehead atoms. The van der Waals surface area contributed by atoms with E-state index >= 15 is 0 Å². The number of benzene rings is 1. The number of hydrogen-bond acceptors (Lipinski definition) is 3. The molecule has 1 aromatic carbocycles. The Morgan fingerprint density at radius 3 is 2.54 bits per heavy atom. The topological polar surface area (TPSA) is 39.2 Å². The first-order valence-corrected chi connectivity index (χ1v) is 8.73. The van der Waals surface area contributed by atoms with Crippen molar-refractivity contribution in [3.8, 4) is 5.75 Å². The van der Waals surface area contributed by atoms with E-state index in [1.807, 2.05) is 6.07 Å². The maximum absolute atomic E-state index is 12.7. The van der Waals surface area contributed by atoms with Gasteiger partial charge in [-0.05, 0) is 65.8 Å². The summed E-state index contributed by atoms with van der Waals surface area (Å²) in [6.07, 6.45) is -0.961. The van der Waals surface area contributed by atoms with Gasteiger partial charge in [-0.15, -0.1) is 0 Å². The molecule has 3 rings (SSSR count). The molecule has 0 radical (unpaired) electrons. The quantitative estimate of drug-likeness (QED) is 0.481. The van der Waals surface area contributed by atoms with Crippen molar-refractivity contribution < 1.29 is 22.7 Å². The Hall–Kier alpha value is -1.38. The van der Waals surface area contributed by atoms with Crippen LogP contribution in [0.4, 0.5) is 13.2 Å². The molecule has 0 spiro atoms. The third kappa shape index (κ3) is 3.65. The van der Waals surface area contributed by atoms with E-state index in [0.717, 1.165) is 14.3 Å². The largest absolute Gasteiger partial charge is 0.489 e. The van der Waals surface area contributed by atoms with Crippen LogP contribution in [0.25, 0.3) is 10.8 Å². The van der Waals surface area contributed by atoms with E-state index in [9.17, 15) is 18.0 Å². The van der Waals surface area contributed by atoms with Gasteiger partial charge in [-0.2, -0.15) is 13.2 Å². The number of carbonyl (C=O) groups is 1. The Labute approximate surface area is 150 Å². The summed E-state index contributed by atoms with van der Waals surface area (Å²) in [5.41, 5.74) is 0.359. The zero-order valence-electron chi connectivity index (χ0n) is 12.6. The number of ether oxygens (including phenoxy) is 1. The normalized spacial score (nSPS) is 21.7. The van der Waals surface area contributed by atoms with E-state index in [-0.39, 0.29) is 18.9 Å². The number of nitrogens with zero attached hydrogens (tertiary/aromatic N) is 1. The number of pyridine rings is 1. The van der Waals surface area contributed by atoms with Crippen molar-refractivity contribution in [3.05, 3.63) is 33.7 Å². The highest BCUT2D eigenvalue weighted by molar-refractivity contribution is 14.1. The second kappa shape index (κ2) is 6.85. The van der Waals surface area contributed by atoms with Gasteiger partial charge in [-0.3, -0.25) is 9.78 Å². The minimum Gasteiger partial charge on any atom is -0.489 e. The molecule has 1 heterocycles. The van der Waals surface area contributed by atoms with Gasteiger partial charge in [0.15, 0.2) is 6.29 Å². The first kappa shape index (κ1) is 17.4. The molecule has 0 unspecified atom stereocenters. The van der Waals surface area contributed by atoms with Crippen LogP contribution in [-0.4, -0.2) is 23.6 Å². The Morgan fingerprint density at radius 1 is 1.21 bits per heavy atom. The fourth-order valence-electron chi connectivity index (χ4n) is 3.02. The molecule has 7 heteroatoms. The van der Waals surface area contributed by atoms with Gasteiger partial charge in [-0.25, -0.2) is 0 Å². The fourth-order valence-corrected chi connectivity index (χ4v) is 3.78. The van der Waals surface area contributed by atoms with Gasteiger partial charge in [0.05, 0.1) is 15.6 Å². The minimum atomic E-state index is -4.11. The van der Waals surface area contributed by atoms with Crippen molar-refractivity contribution in [2.75, 3.05) is 0 Å². The lowest BCUT2D eigenvalue weighted by Crippen LogP contribution is -2.32. The lowest BCUT2D eigenvalue weighted by Gasteiger charge is -2.30. The number of fused-ring (bicyclic) bond motifs is 1. The van der Waals surface area contributed by atoms with Crippen LogP contribution in [0.15, 0.2) is 24.4 Å². The summed E-state index contributed by atoms with van der Waals surface area (Å²) in [5, 5.41) is 1.74. The van der Waals surface area contributed by atoms with Crippen LogP contribution in [0.1, 0.15) is 36.2 Å². The smallest absolute Gasteiger partial charge is 0.391 e. The second-order valence-electron chi connectivity index (χ2n) is 5.96.